The van der Waals surface area contributed by atoms with Crippen LogP contribution in [0.25, 0.3) is 0 Å². The number of carbonyl (C=O) groups is 1. The molecule has 0 saturated heterocycles. The standard InChI is InChI=1S/C20H18ClN3O/c21-17-8-4-5-9-18(17)24-19-12-11-16(14-22-19)23-20(25)13-10-15-6-2-1-3-7-15/h1-9,11-12,14H,10,13H2,(H,22,24)(H,23,25). The number of aryl methyl sites for hydroxylation is 1. The van der Waals surface area contributed by atoms with Crippen molar-refractivity contribution in [3.8, 4) is 0 Å². The highest BCUT2D eigenvalue weighted by atomic mass is 35.5. The summed E-state index contributed by atoms with van der Waals surface area (Å²) in [5, 5.41) is 6.63. The van der Waals surface area contributed by atoms with E-state index in [0.717, 1.165) is 11.3 Å². The predicted octanol–water partition coefficient (Wildman–Crippen LogP) is 5.05. The van der Waals surface area contributed by atoms with Crippen molar-refractivity contribution in [3.63, 3.8) is 0 Å². The Morgan fingerprint density at radius 1 is 0.960 bits per heavy atom. The van der Waals surface area contributed by atoms with Crippen LogP contribution in [0, 0.1) is 0 Å². The second-order valence-corrected chi connectivity index (χ2v) is 5.98. The molecule has 0 unspecified atom stereocenters. The summed E-state index contributed by atoms with van der Waals surface area (Å²) in [4.78, 5) is 16.3. The first-order valence-electron chi connectivity index (χ1n) is 8.02. The van der Waals surface area contributed by atoms with Gasteiger partial charge in [-0.2, -0.15) is 0 Å². The molecule has 1 aromatic heterocycles. The van der Waals surface area contributed by atoms with Crippen LogP contribution in [0.3, 0.4) is 0 Å². The fourth-order valence-electron chi connectivity index (χ4n) is 2.37. The van der Waals surface area contributed by atoms with Gasteiger partial charge in [0.1, 0.15) is 5.82 Å². The number of halogens is 1. The number of aromatic nitrogens is 1. The molecule has 2 N–H and O–H groups in total. The lowest BCUT2D eigenvalue weighted by Crippen LogP contribution is -2.12. The third kappa shape index (κ3) is 5.06. The fraction of sp³-hybridized carbons (Fsp3) is 0.100. The molecule has 0 bridgehead atoms. The van der Waals surface area contributed by atoms with Gasteiger partial charge < -0.3 is 10.6 Å². The number of hydrogen-bond acceptors (Lipinski definition) is 3. The van der Waals surface area contributed by atoms with E-state index in [-0.39, 0.29) is 5.91 Å². The normalized spacial score (nSPS) is 10.3. The van der Waals surface area contributed by atoms with E-state index in [1.165, 1.54) is 0 Å². The maximum atomic E-state index is 12.0. The van der Waals surface area contributed by atoms with Crippen LogP contribution in [0.1, 0.15) is 12.0 Å². The predicted molar refractivity (Wildman–Crippen MR) is 102 cm³/mol. The van der Waals surface area contributed by atoms with Crippen LogP contribution >= 0.6 is 11.6 Å². The number of pyridine rings is 1. The van der Waals surface area contributed by atoms with Gasteiger partial charge >= 0.3 is 0 Å². The van der Waals surface area contributed by atoms with E-state index in [0.29, 0.717) is 29.4 Å². The van der Waals surface area contributed by atoms with E-state index < -0.39 is 0 Å². The van der Waals surface area contributed by atoms with Crippen LogP contribution in [0.5, 0.6) is 0 Å². The molecule has 2 aromatic carbocycles. The van der Waals surface area contributed by atoms with E-state index in [4.69, 9.17) is 11.6 Å². The zero-order valence-electron chi connectivity index (χ0n) is 13.6. The molecule has 0 saturated carbocycles. The molecule has 126 valence electrons. The van der Waals surface area contributed by atoms with Gasteiger partial charge in [-0.25, -0.2) is 4.98 Å². The topological polar surface area (TPSA) is 54.0 Å². The summed E-state index contributed by atoms with van der Waals surface area (Å²) in [5.41, 5.74) is 2.61. The Hall–Kier alpha value is -2.85. The molecule has 1 amide bonds. The summed E-state index contributed by atoms with van der Waals surface area (Å²) >= 11 is 6.11. The highest BCUT2D eigenvalue weighted by Gasteiger charge is 2.05. The first-order chi connectivity index (χ1) is 12.2. The highest BCUT2D eigenvalue weighted by molar-refractivity contribution is 6.33. The zero-order chi connectivity index (χ0) is 17.5. The molecular weight excluding hydrogens is 334 g/mol. The molecule has 0 aliphatic heterocycles. The van der Waals surface area contributed by atoms with Gasteiger partial charge in [-0.15, -0.1) is 0 Å². The van der Waals surface area contributed by atoms with E-state index in [1.54, 1.807) is 12.3 Å². The van der Waals surface area contributed by atoms with Gasteiger partial charge in [0.15, 0.2) is 0 Å². The lowest BCUT2D eigenvalue weighted by molar-refractivity contribution is -0.116. The van der Waals surface area contributed by atoms with Gasteiger partial charge in [0.2, 0.25) is 5.91 Å². The monoisotopic (exact) mass is 351 g/mol. The number of carbonyl (C=O) groups excluding carboxylic acids is 1. The quantitative estimate of drug-likeness (QED) is 0.653. The van der Waals surface area contributed by atoms with E-state index >= 15 is 0 Å². The molecule has 0 radical (unpaired) electrons. The number of benzene rings is 2. The number of anilines is 3. The number of nitrogens with zero attached hydrogens (tertiary/aromatic N) is 1. The molecule has 4 nitrogen and oxygen atoms in total. The third-order valence-corrected chi connectivity index (χ3v) is 4.00. The van der Waals surface area contributed by atoms with Gasteiger partial charge in [-0.05, 0) is 36.2 Å². The summed E-state index contributed by atoms with van der Waals surface area (Å²) in [6.07, 6.45) is 2.77. The summed E-state index contributed by atoms with van der Waals surface area (Å²) < 4.78 is 0. The lowest BCUT2D eigenvalue weighted by Gasteiger charge is -2.09. The number of para-hydroxylation sites is 1. The van der Waals surface area contributed by atoms with Gasteiger partial charge in [0, 0.05) is 6.42 Å². The minimum Gasteiger partial charge on any atom is -0.339 e. The average molecular weight is 352 g/mol. The maximum Gasteiger partial charge on any atom is 0.224 e. The van der Waals surface area contributed by atoms with E-state index in [2.05, 4.69) is 15.6 Å². The van der Waals surface area contributed by atoms with Crippen molar-refractivity contribution in [2.75, 3.05) is 10.6 Å². The van der Waals surface area contributed by atoms with Crippen LogP contribution in [-0.2, 0) is 11.2 Å². The number of hydrogen-bond donors (Lipinski definition) is 2. The summed E-state index contributed by atoms with van der Waals surface area (Å²) in [6, 6.07) is 21.0. The highest BCUT2D eigenvalue weighted by Crippen LogP contribution is 2.24. The van der Waals surface area contributed by atoms with Crippen LogP contribution in [-0.4, -0.2) is 10.9 Å². The van der Waals surface area contributed by atoms with Gasteiger partial charge in [-0.1, -0.05) is 54.1 Å². The fourth-order valence-corrected chi connectivity index (χ4v) is 2.55. The molecule has 0 fully saturated rings. The van der Waals surface area contributed by atoms with Crippen molar-refractivity contribution in [3.05, 3.63) is 83.5 Å². The first-order valence-corrected chi connectivity index (χ1v) is 8.40. The number of nitrogens with one attached hydrogen (secondary N) is 2. The Labute approximate surface area is 151 Å². The van der Waals surface area contributed by atoms with E-state index in [1.807, 2.05) is 60.7 Å². The van der Waals surface area contributed by atoms with Crippen molar-refractivity contribution < 1.29 is 4.79 Å². The minimum absolute atomic E-state index is 0.0301. The van der Waals surface area contributed by atoms with Gasteiger partial charge in [0.25, 0.3) is 0 Å². The smallest absolute Gasteiger partial charge is 0.224 e. The maximum absolute atomic E-state index is 12.0. The van der Waals surface area contributed by atoms with E-state index in [9.17, 15) is 4.79 Å². The Morgan fingerprint density at radius 2 is 1.72 bits per heavy atom. The van der Waals surface area contributed by atoms with Crippen molar-refractivity contribution in [2.45, 2.75) is 12.8 Å². The molecule has 25 heavy (non-hydrogen) atoms. The number of rotatable bonds is 6. The van der Waals surface area contributed by atoms with Crippen LogP contribution in [0.2, 0.25) is 5.02 Å². The molecule has 0 aliphatic carbocycles. The summed E-state index contributed by atoms with van der Waals surface area (Å²) in [5.74, 6) is 0.632. The largest absolute Gasteiger partial charge is 0.339 e. The molecule has 0 atom stereocenters. The van der Waals surface area contributed by atoms with Crippen LogP contribution < -0.4 is 10.6 Å². The molecule has 3 aromatic rings. The molecule has 0 spiro atoms. The lowest BCUT2D eigenvalue weighted by atomic mass is 10.1. The Kier molecular flexibility index (Phi) is 5.65. The van der Waals surface area contributed by atoms with Crippen molar-refractivity contribution in [1.29, 1.82) is 0 Å². The van der Waals surface area contributed by atoms with Gasteiger partial charge in [0.05, 0.1) is 22.6 Å². The zero-order valence-corrected chi connectivity index (χ0v) is 14.3. The first kappa shape index (κ1) is 17.0. The molecule has 0 aliphatic rings. The van der Waals surface area contributed by atoms with Crippen molar-refractivity contribution in [2.24, 2.45) is 0 Å². The van der Waals surface area contributed by atoms with Gasteiger partial charge in [-0.3, -0.25) is 4.79 Å². The molecular formula is C20H18ClN3O. The minimum atomic E-state index is -0.0301. The second-order valence-electron chi connectivity index (χ2n) is 5.57. The summed E-state index contributed by atoms with van der Waals surface area (Å²) in [6.45, 7) is 0. The molecule has 3 rings (SSSR count). The summed E-state index contributed by atoms with van der Waals surface area (Å²) in [7, 11) is 0. The Bertz CT molecular complexity index is 835. The van der Waals surface area contributed by atoms with Crippen molar-refractivity contribution in [1.82, 2.24) is 4.98 Å². The average Bonchev–Trinajstić information content (AvgIpc) is 2.64. The molecule has 5 heteroatoms. The second kappa shape index (κ2) is 8.31. The molecule has 1 heterocycles. The van der Waals surface area contributed by atoms with Crippen LogP contribution in [0.15, 0.2) is 72.9 Å². The SMILES string of the molecule is O=C(CCc1ccccc1)Nc1ccc(Nc2ccccc2Cl)nc1. The van der Waals surface area contributed by atoms with Crippen molar-refractivity contribution >= 4 is 34.7 Å². The van der Waals surface area contributed by atoms with Crippen LogP contribution in [0.4, 0.5) is 17.2 Å². The number of amides is 1. The Balaban J connectivity index is 1.53. The Morgan fingerprint density at radius 3 is 2.44 bits per heavy atom. The third-order valence-electron chi connectivity index (χ3n) is 3.67.